The van der Waals surface area contributed by atoms with Crippen LogP contribution in [0.4, 0.5) is 0 Å². The largest absolute Gasteiger partial charge is 0.343 e. The van der Waals surface area contributed by atoms with Gasteiger partial charge in [0.2, 0.25) is 5.91 Å². The van der Waals surface area contributed by atoms with E-state index in [0.717, 1.165) is 18.4 Å². The highest BCUT2D eigenvalue weighted by Gasteiger charge is 2.25. The number of carbonyl (C=O) groups excluding carboxylic acids is 2. The molecule has 0 radical (unpaired) electrons. The number of hydrogen-bond donors (Lipinski definition) is 1. The Morgan fingerprint density at radius 1 is 1.33 bits per heavy atom. The van der Waals surface area contributed by atoms with Crippen molar-refractivity contribution in [2.75, 3.05) is 19.6 Å². The van der Waals surface area contributed by atoms with Gasteiger partial charge in [-0.05, 0) is 31.4 Å². The number of nitrogens with one attached hydrogen (secondary N) is 1. The molecule has 24 heavy (non-hydrogen) atoms. The Hall–Kier alpha value is -2.70. The first-order chi connectivity index (χ1) is 11.6. The smallest absolute Gasteiger partial charge is 0.251 e. The van der Waals surface area contributed by atoms with Crippen molar-refractivity contribution in [1.82, 2.24) is 25.0 Å². The molecule has 1 aliphatic heterocycles. The van der Waals surface area contributed by atoms with Crippen LogP contribution in [-0.4, -0.2) is 51.1 Å². The first-order valence-corrected chi connectivity index (χ1v) is 8.11. The Morgan fingerprint density at radius 3 is 2.92 bits per heavy atom. The Morgan fingerprint density at radius 2 is 2.17 bits per heavy atom. The quantitative estimate of drug-likeness (QED) is 0.914. The number of aromatic nitrogens is 3. The fraction of sp³-hybridized carbons (Fsp3) is 0.412. The molecule has 0 bridgehead atoms. The fourth-order valence-corrected chi connectivity index (χ4v) is 2.99. The summed E-state index contributed by atoms with van der Waals surface area (Å²) in [7, 11) is 0. The van der Waals surface area contributed by atoms with E-state index in [9.17, 15) is 9.59 Å². The number of rotatable bonds is 4. The molecule has 1 aromatic carbocycles. The van der Waals surface area contributed by atoms with Crippen LogP contribution in [0.15, 0.2) is 36.9 Å². The van der Waals surface area contributed by atoms with Gasteiger partial charge in [-0.15, -0.1) is 0 Å². The number of piperidine rings is 1. The molecule has 126 valence electrons. The third kappa shape index (κ3) is 3.61. The van der Waals surface area contributed by atoms with E-state index in [1.54, 1.807) is 22.0 Å². The second-order valence-corrected chi connectivity index (χ2v) is 6.01. The third-order valence-corrected chi connectivity index (χ3v) is 4.35. The lowest BCUT2D eigenvalue weighted by molar-refractivity contribution is -0.131. The maximum atomic E-state index is 12.4. The number of hydrogen-bond acceptors (Lipinski definition) is 4. The van der Waals surface area contributed by atoms with Crippen molar-refractivity contribution in [3.05, 3.63) is 48.0 Å². The Bertz CT molecular complexity index is 714. The Kier molecular flexibility index (Phi) is 4.88. The predicted octanol–water partition coefficient (Wildman–Crippen LogP) is 1.18. The van der Waals surface area contributed by atoms with E-state index in [2.05, 4.69) is 15.4 Å². The van der Waals surface area contributed by atoms with E-state index in [1.807, 2.05) is 25.1 Å². The normalized spacial score (nSPS) is 17.5. The highest BCUT2D eigenvalue weighted by molar-refractivity contribution is 5.97. The van der Waals surface area contributed by atoms with E-state index in [1.165, 1.54) is 6.33 Å². The Balaban J connectivity index is 1.55. The maximum absolute atomic E-state index is 12.4. The molecule has 1 aliphatic rings. The van der Waals surface area contributed by atoms with Gasteiger partial charge in [-0.3, -0.25) is 9.59 Å². The van der Waals surface area contributed by atoms with Gasteiger partial charge < -0.3 is 10.2 Å². The molecule has 1 aromatic heterocycles. The van der Waals surface area contributed by atoms with Gasteiger partial charge in [-0.2, -0.15) is 5.10 Å². The van der Waals surface area contributed by atoms with Crippen LogP contribution < -0.4 is 5.32 Å². The topological polar surface area (TPSA) is 80.1 Å². The second kappa shape index (κ2) is 7.25. The van der Waals surface area contributed by atoms with Gasteiger partial charge in [0.05, 0.1) is 12.6 Å². The van der Waals surface area contributed by atoms with Gasteiger partial charge >= 0.3 is 0 Å². The van der Waals surface area contributed by atoms with Gasteiger partial charge in [0, 0.05) is 18.7 Å². The molecular weight excluding hydrogens is 306 g/mol. The molecule has 0 saturated carbocycles. The van der Waals surface area contributed by atoms with Crippen LogP contribution in [0, 0.1) is 6.92 Å². The highest BCUT2D eigenvalue weighted by atomic mass is 16.2. The zero-order valence-electron chi connectivity index (χ0n) is 13.7. The molecular formula is C17H21N5O2. The van der Waals surface area contributed by atoms with Crippen molar-refractivity contribution in [3.63, 3.8) is 0 Å². The molecule has 1 atom stereocenters. The van der Waals surface area contributed by atoms with Crippen LogP contribution >= 0.6 is 0 Å². The summed E-state index contributed by atoms with van der Waals surface area (Å²) in [6.45, 7) is 3.20. The molecule has 1 N–H and O–H groups in total. The van der Waals surface area contributed by atoms with E-state index in [4.69, 9.17) is 0 Å². The van der Waals surface area contributed by atoms with Crippen LogP contribution in [-0.2, 0) is 4.79 Å². The van der Waals surface area contributed by atoms with E-state index < -0.39 is 0 Å². The number of carbonyl (C=O) groups is 2. The molecule has 2 amide bonds. The lowest BCUT2D eigenvalue weighted by Gasteiger charge is -2.32. The molecule has 3 rings (SSSR count). The number of likely N-dealkylation sites (tertiary alicyclic amines) is 1. The molecule has 0 aliphatic carbocycles. The van der Waals surface area contributed by atoms with E-state index in [0.29, 0.717) is 18.7 Å². The summed E-state index contributed by atoms with van der Waals surface area (Å²) >= 11 is 0. The first-order valence-electron chi connectivity index (χ1n) is 8.11. The van der Waals surface area contributed by atoms with Crippen molar-refractivity contribution in [2.45, 2.75) is 25.8 Å². The average Bonchev–Trinajstić information content (AvgIpc) is 3.14. The monoisotopic (exact) mass is 327 g/mol. The van der Waals surface area contributed by atoms with Crippen molar-refractivity contribution < 1.29 is 9.59 Å². The molecule has 1 unspecified atom stereocenters. The number of nitrogens with zero attached hydrogens (tertiary/aromatic N) is 4. The third-order valence-electron chi connectivity index (χ3n) is 4.35. The van der Waals surface area contributed by atoms with Gasteiger partial charge in [0.15, 0.2) is 0 Å². The van der Waals surface area contributed by atoms with Crippen LogP contribution in [0.5, 0.6) is 0 Å². The summed E-state index contributed by atoms with van der Waals surface area (Å²) < 4.78 is 1.80. The second-order valence-electron chi connectivity index (χ2n) is 6.01. The molecule has 7 heteroatoms. The van der Waals surface area contributed by atoms with Crippen molar-refractivity contribution in [1.29, 1.82) is 0 Å². The fourth-order valence-electron chi connectivity index (χ4n) is 2.99. The zero-order chi connectivity index (χ0) is 16.9. The van der Waals surface area contributed by atoms with Gasteiger partial charge in [-0.25, -0.2) is 9.67 Å². The number of amides is 2. The Labute approximate surface area is 140 Å². The van der Waals surface area contributed by atoms with Gasteiger partial charge in [0.1, 0.15) is 12.7 Å². The maximum Gasteiger partial charge on any atom is 0.251 e. The summed E-state index contributed by atoms with van der Waals surface area (Å²) in [6, 6.07) is 7.49. The minimum Gasteiger partial charge on any atom is -0.343 e. The summed E-state index contributed by atoms with van der Waals surface area (Å²) in [4.78, 5) is 30.3. The molecule has 7 nitrogen and oxygen atoms in total. The standard InChI is InChI=1S/C17H21N5O2/c1-13-5-2-3-7-15(13)17(24)19-9-16(23)21-8-4-6-14(10-21)22-12-18-11-20-22/h2-3,5,7,11-12,14H,4,6,8-10H2,1H3,(H,19,24). The van der Waals surface area contributed by atoms with Crippen LogP contribution in [0.25, 0.3) is 0 Å². The molecule has 1 fully saturated rings. The zero-order valence-corrected chi connectivity index (χ0v) is 13.7. The summed E-state index contributed by atoms with van der Waals surface area (Å²) in [5.74, 6) is -0.284. The van der Waals surface area contributed by atoms with E-state index >= 15 is 0 Å². The highest BCUT2D eigenvalue weighted by Crippen LogP contribution is 2.20. The lowest BCUT2D eigenvalue weighted by atomic mass is 10.1. The average molecular weight is 327 g/mol. The lowest BCUT2D eigenvalue weighted by Crippen LogP contribution is -2.45. The minimum absolute atomic E-state index is 0.0112. The molecule has 1 saturated heterocycles. The van der Waals surface area contributed by atoms with Crippen molar-refractivity contribution in [2.24, 2.45) is 0 Å². The van der Waals surface area contributed by atoms with Crippen LogP contribution in [0.3, 0.4) is 0 Å². The van der Waals surface area contributed by atoms with Gasteiger partial charge in [0.25, 0.3) is 5.91 Å². The van der Waals surface area contributed by atoms with Crippen molar-refractivity contribution in [3.8, 4) is 0 Å². The first kappa shape index (κ1) is 16.2. The predicted molar refractivity (Wildman–Crippen MR) is 88.4 cm³/mol. The summed E-state index contributed by atoms with van der Waals surface area (Å²) in [5.41, 5.74) is 1.50. The molecule has 2 aromatic rings. The minimum atomic E-state index is -0.216. The van der Waals surface area contributed by atoms with Crippen LogP contribution in [0.2, 0.25) is 0 Å². The van der Waals surface area contributed by atoms with Crippen LogP contribution in [0.1, 0.15) is 34.8 Å². The van der Waals surface area contributed by atoms with Crippen molar-refractivity contribution >= 4 is 11.8 Å². The molecule has 2 heterocycles. The molecule has 0 spiro atoms. The van der Waals surface area contributed by atoms with Gasteiger partial charge in [-0.1, -0.05) is 18.2 Å². The summed E-state index contributed by atoms with van der Waals surface area (Å²) in [6.07, 6.45) is 5.08. The number of benzene rings is 1. The SMILES string of the molecule is Cc1ccccc1C(=O)NCC(=O)N1CCCC(n2cncn2)C1. The van der Waals surface area contributed by atoms with E-state index in [-0.39, 0.29) is 24.4 Å². The summed E-state index contributed by atoms with van der Waals surface area (Å²) in [5, 5.41) is 6.88. The number of aryl methyl sites for hydroxylation is 1.